The lowest BCUT2D eigenvalue weighted by atomic mass is 9.84. The van der Waals surface area contributed by atoms with Gasteiger partial charge >= 0.3 is 0 Å². The molecule has 1 radical (unpaired) electrons. The normalized spacial score (nSPS) is 20.1. The number of ether oxygens (including phenoxy) is 1. The summed E-state index contributed by atoms with van der Waals surface area (Å²) in [5.41, 5.74) is 1.29. The number of hydrogen-bond acceptors (Lipinski definition) is 5. The van der Waals surface area contributed by atoms with E-state index in [0.29, 0.717) is 22.4 Å². The van der Waals surface area contributed by atoms with Gasteiger partial charge in [-0.3, -0.25) is 4.79 Å². The molecule has 1 aromatic carbocycles. The first-order valence-corrected chi connectivity index (χ1v) is 12.9. The van der Waals surface area contributed by atoms with Crippen LogP contribution in [0.25, 0.3) is 0 Å². The lowest BCUT2D eigenvalue weighted by Crippen LogP contribution is -2.52. The van der Waals surface area contributed by atoms with Crippen LogP contribution >= 0.6 is 0 Å². The third-order valence-electron chi connectivity index (χ3n) is 5.64. The Bertz CT molecular complexity index is 1080. The van der Waals surface area contributed by atoms with Crippen LogP contribution in [0.4, 0.5) is 0 Å². The first-order valence-electron chi connectivity index (χ1n) is 10.4. The molecule has 165 valence electrons. The van der Waals surface area contributed by atoms with Gasteiger partial charge in [0.1, 0.15) is 17.5 Å². The van der Waals surface area contributed by atoms with Gasteiger partial charge in [-0.1, -0.05) is 20.8 Å². The van der Waals surface area contributed by atoms with Gasteiger partial charge in [0.15, 0.2) is 0 Å². The van der Waals surface area contributed by atoms with E-state index in [1.165, 1.54) is 0 Å². The Morgan fingerprint density at radius 1 is 1.29 bits per heavy atom. The molecule has 6 nitrogen and oxygen atoms in total. The SMILES string of the molecule is C[Si](C)OCc1cc(C(C)(C)C)cn([C@@H]2c3cc(C#N)ccc3OC(C)(C)[C@H]2O)c1=O. The number of nitriles is 1. The Balaban J connectivity index is 2.28. The van der Waals surface area contributed by atoms with Crippen LogP contribution in [0.3, 0.4) is 0 Å². The number of hydrogen-bond donors (Lipinski definition) is 1. The second kappa shape index (κ2) is 8.27. The standard InChI is InChI=1S/C24H31N2O4Si/c1-23(2,3)17-11-16(14-29-31(6)7)22(28)26(13-17)20-18-10-15(12-25)8-9-19(18)30-24(4,5)21(20)27/h8-11,13,20-21,27H,14H2,1-7H3/t20-,21+/m1/s1. The van der Waals surface area contributed by atoms with Crippen molar-refractivity contribution in [2.75, 3.05) is 0 Å². The summed E-state index contributed by atoms with van der Waals surface area (Å²) in [7, 11) is -0.973. The minimum atomic E-state index is -0.993. The molecule has 1 aliphatic rings. The molecule has 7 heteroatoms. The van der Waals surface area contributed by atoms with Gasteiger partial charge in [0, 0.05) is 17.3 Å². The monoisotopic (exact) mass is 439 g/mol. The van der Waals surface area contributed by atoms with Crippen LogP contribution in [0.5, 0.6) is 5.75 Å². The zero-order valence-electron chi connectivity index (χ0n) is 19.3. The van der Waals surface area contributed by atoms with E-state index in [0.717, 1.165) is 5.56 Å². The van der Waals surface area contributed by atoms with Gasteiger partial charge in [-0.2, -0.15) is 5.26 Å². The van der Waals surface area contributed by atoms with Crippen molar-refractivity contribution in [1.82, 2.24) is 4.57 Å². The van der Waals surface area contributed by atoms with Crippen molar-refractivity contribution >= 4 is 9.04 Å². The van der Waals surface area contributed by atoms with Crippen molar-refractivity contribution in [1.29, 1.82) is 5.26 Å². The molecule has 2 heterocycles. The van der Waals surface area contributed by atoms with E-state index in [9.17, 15) is 15.2 Å². The predicted octanol–water partition coefficient (Wildman–Crippen LogP) is 3.91. The highest BCUT2D eigenvalue weighted by Crippen LogP contribution is 2.42. The highest BCUT2D eigenvalue weighted by Gasteiger charge is 2.44. The number of aliphatic hydroxyl groups is 1. The second-order valence-electron chi connectivity index (χ2n) is 9.87. The summed E-state index contributed by atoms with van der Waals surface area (Å²) >= 11 is 0. The predicted molar refractivity (Wildman–Crippen MR) is 122 cm³/mol. The van der Waals surface area contributed by atoms with Crippen LogP contribution in [-0.2, 0) is 16.4 Å². The number of aliphatic hydroxyl groups excluding tert-OH is 1. The molecule has 1 aromatic heterocycles. The first-order chi connectivity index (χ1) is 14.3. The number of nitrogens with zero attached hydrogens (tertiary/aromatic N) is 2. The van der Waals surface area contributed by atoms with Crippen LogP contribution < -0.4 is 10.3 Å². The van der Waals surface area contributed by atoms with Crippen LogP contribution in [0.1, 0.15) is 62.9 Å². The lowest BCUT2D eigenvalue weighted by molar-refractivity contribution is -0.0644. The Hall–Kier alpha value is -2.40. The summed E-state index contributed by atoms with van der Waals surface area (Å²) in [6.07, 6.45) is 0.834. The molecule has 1 aliphatic heterocycles. The van der Waals surface area contributed by atoms with Crippen molar-refractivity contribution in [3.8, 4) is 11.8 Å². The maximum atomic E-state index is 13.6. The summed E-state index contributed by atoms with van der Waals surface area (Å²) < 4.78 is 13.5. The molecule has 3 rings (SSSR count). The summed E-state index contributed by atoms with van der Waals surface area (Å²) in [5.74, 6) is 0.567. The van der Waals surface area contributed by atoms with Gasteiger partial charge in [-0.05, 0) is 62.2 Å². The van der Waals surface area contributed by atoms with Gasteiger partial charge < -0.3 is 18.8 Å². The molecular formula is C24H31N2O4Si. The first kappa shape index (κ1) is 23.3. The fourth-order valence-electron chi connectivity index (χ4n) is 3.74. The highest BCUT2D eigenvalue weighted by molar-refractivity contribution is 6.48. The molecule has 31 heavy (non-hydrogen) atoms. The minimum absolute atomic E-state index is 0.202. The molecule has 0 bridgehead atoms. The van der Waals surface area contributed by atoms with E-state index < -0.39 is 26.8 Å². The average Bonchev–Trinajstić information content (AvgIpc) is 2.67. The van der Waals surface area contributed by atoms with Crippen molar-refractivity contribution in [2.45, 2.75) is 77.5 Å². The molecule has 0 spiro atoms. The Morgan fingerprint density at radius 2 is 1.97 bits per heavy atom. The lowest BCUT2D eigenvalue weighted by Gasteiger charge is -2.43. The van der Waals surface area contributed by atoms with Gasteiger partial charge in [0.25, 0.3) is 5.56 Å². The number of benzene rings is 1. The fraction of sp³-hybridized carbons (Fsp3) is 0.500. The van der Waals surface area contributed by atoms with E-state index >= 15 is 0 Å². The quantitative estimate of drug-likeness (QED) is 0.730. The van der Waals surface area contributed by atoms with Gasteiger partial charge in [-0.25, -0.2) is 0 Å². The van der Waals surface area contributed by atoms with Gasteiger partial charge in [0.2, 0.25) is 9.04 Å². The van der Waals surface area contributed by atoms with Crippen LogP contribution in [0.2, 0.25) is 13.1 Å². The maximum Gasteiger partial charge on any atom is 0.256 e. The Kier molecular flexibility index (Phi) is 6.20. The van der Waals surface area contributed by atoms with E-state index in [4.69, 9.17) is 9.16 Å². The third-order valence-corrected chi connectivity index (χ3v) is 6.36. The van der Waals surface area contributed by atoms with E-state index in [1.54, 1.807) is 36.6 Å². The number of aromatic nitrogens is 1. The van der Waals surface area contributed by atoms with Crippen molar-refractivity contribution in [3.63, 3.8) is 0 Å². The van der Waals surface area contributed by atoms with E-state index in [2.05, 4.69) is 26.8 Å². The molecule has 0 aliphatic carbocycles. The Morgan fingerprint density at radius 3 is 2.55 bits per heavy atom. The molecule has 0 saturated heterocycles. The maximum absolute atomic E-state index is 13.6. The number of pyridine rings is 1. The molecule has 2 atom stereocenters. The molecule has 0 unspecified atom stereocenters. The minimum Gasteiger partial charge on any atom is -0.485 e. The molecule has 1 N–H and O–H groups in total. The van der Waals surface area contributed by atoms with Crippen LogP contribution in [0, 0.1) is 11.3 Å². The molecule has 0 amide bonds. The molecule has 0 saturated carbocycles. The Labute approximate surface area is 185 Å². The van der Waals surface area contributed by atoms with Crippen molar-refractivity contribution < 1.29 is 14.3 Å². The number of fused-ring (bicyclic) bond motifs is 1. The van der Waals surface area contributed by atoms with Crippen molar-refractivity contribution in [2.24, 2.45) is 0 Å². The second-order valence-corrected chi connectivity index (χ2v) is 12.0. The molecule has 2 aromatic rings. The highest BCUT2D eigenvalue weighted by atomic mass is 28.3. The fourth-order valence-corrected chi connectivity index (χ4v) is 4.19. The summed E-state index contributed by atoms with van der Waals surface area (Å²) in [4.78, 5) is 13.6. The van der Waals surface area contributed by atoms with E-state index in [-0.39, 0.29) is 17.6 Å². The van der Waals surface area contributed by atoms with Crippen LogP contribution in [-0.4, -0.2) is 30.4 Å². The topological polar surface area (TPSA) is 84.5 Å². The smallest absolute Gasteiger partial charge is 0.256 e. The summed E-state index contributed by atoms with van der Waals surface area (Å²) in [6.45, 7) is 14.2. The number of rotatable bonds is 4. The van der Waals surface area contributed by atoms with Crippen LogP contribution in [0.15, 0.2) is 35.3 Å². The summed E-state index contributed by atoms with van der Waals surface area (Å²) in [5, 5.41) is 20.7. The average molecular weight is 440 g/mol. The third kappa shape index (κ3) is 4.61. The van der Waals surface area contributed by atoms with Gasteiger partial charge in [-0.15, -0.1) is 0 Å². The van der Waals surface area contributed by atoms with Crippen molar-refractivity contribution in [3.05, 3.63) is 63.1 Å². The zero-order chi connectivity index (χ0) is 23.1. The zero-order valence-corrected chi connectivity index (χ0v) is 20.3. The molecular weight excluding hydrogens is 408 g/mol. The molecule has 0 fully saturated rings. The van der Waals surface area contributed by atoms with E-state index in [1.807, 2.05) is 25.4 Å². The van der Waals surface area contributed by atoms with Gasteiger partial charge in [0.05, 0.1) is 24.3 Å². The summed E-state index contributed by atoms with van der Waals surface area (Å²) in [6, 6.07) is 8.48. The largest absolute Gasteiger partial charge is 0.485 e.